The van der Waals surface area contributed by atoms with Crippen LogP contribution in [0.2, 0.25) is 0 Å². The van der Waals surface area contributed by atoms with Gasteiger partial charge in [0, 0.05) is 12.8 Å². The van der Waals surface area contributed by atoms with E-state index in [1.54, 1.807) is 63.2 Å². The molecule has 0 bridgehead atoms. The van der Waals surface area contributed by atoms with Crippen LogP contribution >= 0.6 is 7.75 Å². The Balaban J connectivity index is 1.47. The molecule has 1 unspecified atom stereocenters. The normalized spacial score (nSPS) is 24.3. The number of nitrogens with one attached hydrogen (secondary N) is 1. The van der Waals surface area contributed by atoms with Crippen molar-refractivity contribution in [2.45, 2.75) is 83.3 Å². The quantitative estimate of drug-likeness (QED) is 0.134. The lowest BCUT2D eigenvalue weighted by Gasteiger charge is -2.32. The molecule has 254 valence electrons. The Morgan fingerprint density at radius 3 is 2.49 bits per heavy atom. The SMILES string of the molecule is CCC(=O)O[C@H]1[C@H](c2ccc3c(N)ncnn23)O[C@](C)(COP(=O)(N[C@@H](C)C(=O)OCC2CC2)Oc2ccccc2)[C@H]1OC(=O)CC. The topological polar surface area (TPSA) is 192 Å². The third kappa shape index (κ3) is 8.10. The molecular formula is C31H40N5O10P. The summed E-state index contributed by atoms with van der Waals surface area (Å²) >= 11 is 0. The van der Waals surface area contributed by atoms with Crippen molar-refractivity contribution in [2.75, 3.05) is 18.9 Å². The van der Waals surface area contributed by atoms with Crippen molar-refractivity contribution in [1.82, 2.24) is 19.7 Å². The minimum absolute atomic E-state index is 0.0159. The van der Waals surface area contributed by atoms with Gasteiger partial charge in [-0.25, -0.2) is 14.1 Å². The first-order valence-corrected chi connectivity index (χ1v) is 17.1. The van der Waals surface area contributed by atoms with Crippen LogP contribution in [0.3, 0.4) is 0 Å². The lowest BCUT2D eigenvalue weighted by molar-refractivity contribution is -0.171. The zero-order valence-corrected chi connectivity index (χ0v) is 27.6. The van der Waals surface area contributed by atoms with E-state index in [2.05, 4.69) is 15.2 Å². The third-order valence-corrected chi connectivity index (χ3v) is 9.48. The lowest BCUT2D eigenvalue weighted by Crippen LogP contribution is -2.48. The number of carbonyl (C=O) groups is 3. The van der Waals surface area contributed by atoms with Crippen molar-refractivity contribution < 1.29 is 46.9 Å². The van der Waals surface area contributed by atoms with E-state index in [-0.39, 0.29) is 31.0 Å². The summed E-state index contributed by atoms with van der Waals surface area (Å²) in [6.07, 6.45) is -0.133. The molecule has 2 aliphatic rings. The van der Waals surface area contributed by atoms with Crippen molar-refractivity contribution in [2.24, 2.45) is 5.92 Å². The van der Waals surface area contributed by atoms with Gasteiger partial charge in [-0.15, -0.1) is 0 Å². The van der Waals surface area contributed by atoms with Crippen LogP contribution < -0.4 is 15.3 Å². The molecule has 1 saturated heterocycles. The summed E-state index contributed by atoms with van der Waals surface area (Å²) in [5.74, 6) is -1.04. The third-order valence-electron chi connectivity index (χ3n) is 7.85. The molecule has 1 aliphatic heterocycles. The minimum Gasteiger partial charge on any atom is -0.464 e. The van der Waals surface area contributed by atoms with Crippen molar-refractivity contribution >= 4 is 37.0 Å². The second-order valence-electron chi connectivity index (χ2n) is 11.7. The number of nitrogens with two attached hydrogens (primary N) is 1. The predicted octanol–water partition coefficient (Wildman–Crippen LogP) is 3.92. The van der Waals surface area contributed by atoms with Gasteiger partial charge in [-0.3, -0.25) is 18.9 Å². The first-order chi connectivity index (χ1) is 22.4. The molecule has 2 aromatic heterocycles. The van der Waals surface area contributed by atoms with Gasteiger partial charge in [0.15, 0.2) is 18.0 Å². The van der Waals surface area contributed by atoms with Crippen LogP contribution in [0.15, 0.2) is 48.8 Å². The molecule has 1 aromatic carbocycles. The van der Waals surface area contributed by atoms with E-state index in [4.69, 9.17) is 33.7 Å². The fraction of sp³-hybridized carbons (Fsp3) is 0.516. The van der Waals surface area contributed by atoms with Crippen molar-refractivity contribution in [3.8, 4) is 5.75 Å². The number of ether oxygens (including phenoxy) is 4. The second kappa shape index (κ2) is 14.4. The maximum Gasteiger partial charge on any atom is 0.459 e. The molecule has 6 atom stereocenters. The molecule has 3 N–H and O–H groups in total. The summed E-state index contributed by atoms with van der Waals surface area (Å²) in [5, 5.41) is 6.96. The monoisotopic (exact) mass is 673 g/mol. The molecule has 5 rings (SSSR count). The van der Waals surface area contributed by atoms with Crippen molar-refractivity contribution in [3.63, 3.8) is 0 Å². The average Bonchev–Trinajstić information content (AvgIpc) is 3.73. The number of nitrogen functional groups attached to an aromatic ring is 1. The zero-order valence-electron chi connectivity index (χ0n) is 26.7. The number of nitrogens with zero attached hydrogens (tertiary/aromatic N) is 3. The Labute approximate surface area is 272 Å². The summed E-state index contributed by atoms with van der Waals surface area (Å²) < 4.78 is 51.2. The highest BCUT2D eigenvalue weighted by Crippen LogP contribution is 2.50. The predicted molar refractivity (Wildman–Crippen MR) is 167 cm³/mol. The van der Waals surface area contributed by atoms with Gasteiger partial charge in [0.05, 0.1) is 18.9 Å². The summed E-state index contributed by atoms with van der Waals surface area (Å²) in [5.41, 5.74) is 5.40. The number of carbonyl (C=O) groups excluding carboxylic acids is 3. The Bertz CT molecular complexity index is 1630. The van der Waals surface area contributed by atoms with Gasteiger partial charge in [0.25, 0.3) is 0 Å². The maximum atomic E-state index is 14.3. The molecule has 16 heteroatoms. The van der Waals surface area contributed by atoms with E-state index in [1.165, 1.54) is 17.8 Å². The van der Waals surface area contributed by atoms with Crippen LogP contribution in [0.1, 0.15) is 65.2 Å². The first-order valence-electron chi connectivity index (χ1n) is 15.5. The smallest absolute Gasteiger partial charge is 0.459 e. The van der Waals surface area contributed by atoms with Crippen LogP contribution in [-0.4, -0.2) is 69.6 Å². The summed E-state index contributed by atoms with van der Waals surface area (Å²) in [6, 6.07) is 10.6. The van der Waals surface area contributed by atoms with Crippen LogP contribution in [0.5, 0.6) is 5.75 Å². The van der Waals surface area contributed by atoms with Gasteiger partial charge in [0.2, 0.25) is 0 Å². The van der Waals surface area contributed by atoms with Crippen LogP contribution in [0, 0.1) is 5.92 Å². The van der Waals surface area contributed by atoms with Crippen LogP contribution in [-0.2, 0) is 42.4 Å². The number of esters is 3. The molecule has 15 nitrogen and oxygen atoms in total. The number of anilines is 1. The van der Waals surface area contributed by atoms with Gasteiger partial charge >= 0.3 is 25.7 Å². The second-order valence-corrected chi connectivity index (χ2v) is 13.4. The van der Waals surface area contributed by atoms with Gasteiger partial charge in [0.1, 0.15) is 35.3 Å². The molecule has 1 saturated carbocycles. The summed E-state index contributed by atoms with van der Waals surface area (Å²) in [6.45, 7) is 6.09. The average molecular weight is 674 g/mol. The molecule has 1 aliphatic carbocycles. The van der Waals surface area contributed by atoms with E-state index in [0.29, 0.717) is 17.1 Å². The number of rotatable bonds is 15. The Kier molecular flexibility index (Phi) is 10.5. The molecule has 2 fully saturated rings. The Morgan fingerprint density at radius 1 is 1.11 bits per heavy atom. The van der Waals surface area contributed by atoms with E-state index < -0.39 is 62.2 Å². The standard InChI is InChI=1S/C31H40N5O10P/c1-5-24(37)43-27-26(22-14-15-23-29(32)33-18-34-36(22)23)45-31(4,28(27)44-25(38)6-2)17-42-47(40,46-21-10-8-7-9-11-21)35-19(3)30(39)41-16-20-12-13-20/h7-11,14-15,18-20,26-28H,5-6,12-13,16-17H2,1-4H3,(H,35,40)(H2,32,33,34)/t19-,26-,27-,28-,31+,47?/m0/s1. The number of benzene rings is 1. The van der Waals surface area contributed by atoms with Gasteiger partial charge in [-0.2, -0.15) is 10.2 Å². The minimum atomic E-state index is -4.35. The summed E-state index contributed by atoms with van der Waals surface area (Å²) in [4.78, 5) is 42.2. The highest BCUT2D eigenvalue weighted by Gasteiger charge is 2.59. The van der Waals surface area contributed by atoms with E-state index in [1.807, 2.05) is 0 Å². The largest absolute Gasteiger partial charge is 0.464 e. The lowest BCUT2D eigenvalue weighted by atomic mass is 9.96. The number of aromatic nitrogens is 3. The fourth-order valence-corrected chi connectivity index (χ4v) is 6.65. The summed E-state index contributed by atoms with van der Waals surface area (Å²) in [7, 11) is -4.35. The van der Waals surface area contributed by atoms with Gasteiger partial charge < -0.3 is 29.2 Å². The maximum absolute atomic E-state index is 14.3. The molecule has 3 heterocycles. The number of para-hydroxylation sites is 1. The Hall–Kier alpha value is -4.04. The highest BCUT2D eigenvalue weighted by atomic mass is 31.2. The van der Waals surface area contributed by atoms with Gasteiger partial charge in [-0.05, 0) is 56.9 Å². The van der Waals surface area contributed by atoms with Crippen molar-refractivity contribution in [1.29, 1.82) is 0 Å². The van der Waals surface area contributed by atoms with Gasteiger partial charge in [-0.1, -0.05) is 32.0 Å². The first kappa shape index (κ1) is 34.3. The van der Waals surface area contributed by atoms with E-state index >= 15 is 0 Å². The van der Waals surface area contributed by atoms with E-state index in [9.17, 15) is 18.9 Å². The molecule has 0 radical (unpaired) electrons. The fourth-order valence-electron chi connectivity index (χ4n) is 5.06. The highest BCUT2D eigenvalue weighted by molar-refractivity contribution is 7.52. The molecule has 3 aromatic rings. The van der Waals surface area contributed by atoms with Crippen LogP contribution in [0.25, 0.3) is 5.52 Å². The number of hydrogen-bond donors (Lipinski definition) is 2. The number of hydrogen-bond acceptors (Lipinski definition) is 13. The molecule has 47 heavy (non-hydrogen) atoms. The zero-order chi connectivity index (χ0) is 33.8. The molecule has 0 spiro atoms. The van der Waals surface area contributed by atoms with Crippen LogP contribution in [0.4, 0.5) is 5.82 Å². The van der Waals surface area contributed by atoms with E-state index in [0.717, 1.165) is 12.8 Å². The number of fused-ring (bicyclic) bond motifs is 1. The molecular weight excluding hydrogens is 633 g/mol. The molecule has 0 amide bonds. The van der Waals surface area contributed by atoms with Crippen molar-refractivity contribution in [3.05, 3.63) is 54.5 Å². The Morgan fingerprint density at radius 2 is 1.81 bits per heavy atom.